The van der Waals surface area contributed by atoms with Gasteiger partial charge >= 0.3 is 0 Å². The number of aromatic amines is 1. The van der Waals surface area contributed by atoms with Gasteiger partial charge < -0.3 is 9.88 Å². The molecule has 0 unspecified atom stereocenters. The number of nitrogens with zero attached hydrogens (tertiary/aromatic N) is 3. The first-order chi connectivity index (χ1) is 15.5. The standard InChI is InChI=1S/C25H28ClFN4O/c26-20-14-17(27)2-4-22(20)31-11-9-30(10-12-31)18-3-1-16(13-18)23-28-21-5-6-25(7-8-25)15-19(21)24(32)29-23/h2,4,13-14,18H,1,3,5-12,15H2,(H,28,29,32)/t18-/m1/s1. The summed E-state index contributed by atoms with van der Waals surface area (Å²) >= 11 is 6.25. The molecule has 1 spiro atoms. The zero-order valence-corrected chi connectivity index (χ0v) is 18.9. The van der Waals surface area contributed by atoms with Crippen LogP contribution in [-0.4, -0.2) is 47.1 Å². The molecule has 0 radical (unpaired) electrons. The largest absolute Gasteiger partial charge is 0.368 e. The van der Waals surface area contributed by atoms with Gasteiger partial charge in [0.2, 0.25) is 0 Å². The molecule has 1 aromatic heterocycles. The Balaban J connectivity index is 1.14. The highest BCUT2D eigenvalue weighted by Gasteiger charge is 2.45. The second kappa shape index (κ2) is 7.70. The summed E-state index contributed by atoms with van der Waals surface area (Å²) in [5, 5.41) is 0.469. The van der Waals surface area contributed by atoms with E-state index in [4.69, 9.17) is 16.6 Å². The van der Waals surface area contributed by atoms with Crippen LogP contribution in [0.4, 0.5) is 10.1 Å². The molecule has 2 aromatic rings. The predicted molar refractivity (Wildman–Crippen MR) is 125 cm³/mol. The highest BCUT2D eigenvalue weighted by atomic mass is 35.5. The van der Waals surface area contributed by atoms with Gasteiger partial charge in [-0.15, -0.1) is 0 Å². The molecule has 2 fully saturated rings. The van der Waals surface area contributed by atoms with Crippen molar-refractivity contribution in [3.05, 3.63) is 62.6 Å². The van der Waals surface area contributed by atoms with Gasteiger partial charge in [-0.1, -0.05) is 17.7 Å². The Morgan fingerprint density at radius 2 is 1.94 bits per heavy atom. The molecule has 1 aromatic carbocycles. The van der Waals surface area contributed by atoms with Crippen LogP contribution in [0.25, 0.3) is 5.57 Å². The zero-order valence-electron chi connectivity index (χ0n) is 18.2. The number of halogens is 2. The summed E-state index contributed by atoms with van der Waals surface area (Å²) in [6.07, 6.45) is 9.86. The van der Waals surface area contributed by atoms with E-state index in [0.29, 0.717) is 16.5 Å². The first kappa shape index (κ1) is 20.4. The third-order valence-electron chi connectivity index (χ3n) is 7.94. The predicted octanol–water partition coefficient (Wildman–Crippen LogP) is 4.20. The maximum Gasteiger partial charge on any atom is 0.254 e. The number of fused-ring (bicyclic) bond motifs is 1. The van der Waals surface area contributed by atoms with E-state index in [9.17, 15) is 9.18 Å². The second-order valence-electron chi connectivity index (χ2n) is 9.93. The average Bonchev–Trinajstić information content (AvgIpc) is 3.35. The Labute approximate surface area is 192 Å². The Morgan fingerprint density at radius 1 is 1.12 bits per heavy atom. The minimum Gasteiger partial charge on any atom is -0.368 e. The number of anilines is 1. The van der Waals surface area contributed by atoms with E-state index in [1.807, 2.05) is 0 Å². The van der Waals surface area contributed by atoms with Crippen LogP contribution in [0, 0.1) is 11.2 Å². The van der Waals surface area contributed by atoms with Gasteiger partial charge in [0, 0.05) is 37.8 Å². The number of nitrogens with one attached hydrogen (secondary N) is 1. The summed E-state index contributed by atoms with van der Waals surface area (Å²) in [6.45, 7) is 3.58. The van der Waals surface area contributed by atoms with Gasteiger partial charge in [-0.3, -0.25) is 9.69 Å². The van der Waals surface area contributed by atoms with E-state index in [-0.39, 0.29) is 11.4 Å². The van der Waals surface area contributed by atoms with Gasteiger partial charge in [-0.2, -0.15) is 0 Å². The zero-order chi connectivity index (χ0) is 21.9. The number of aryl methyl sites for hydroxylation is 1. The van der Waals surface area contributed by atoms with Crippen molar-refractivity contribution in [3.63, 3.8) is 0 Å². The van der Waals surface area contributed by atoms with Crippen LogP contribution in [0.15, 0.2) is 29.1 Å². The molecular formula is C25H28ClFN4O. The molecular weight excluding hydrogens is 427 g/mol. The summed E-state index contributed by atoms with van der Waals surface area (Å²) in [6, 6.07) is 4.99. The Bertz CT molecular complexity index is 1150. The molecule has 1 atom stereocenters. The number of rotatable bonds is 3. The summed E-state index contributed by atoms with van der Waals surface area (Å²) < 4.78 is 13.4. The van der Waals surface area contributed by atoms with Crippen molar-refractivity contribution in [1.29, 1.82) is 0 Å². The highest BCUT2D eigenvalue weighted by molar-refractivity contribution is 6.33. The fraction of sp³-hybridized carbons (Fsp3) is 0.520. The third-order valence-corrected chi connectivity index (χ3v) is 8.25. The molecule has 3 aliphatic carbocycles. The molecule has 2 heterocycles. The minimum absolute atomic E-state index is 0.0742. The van der Waals surface area contributed by atoms with E-state index in [1.165, 1.54) is 37.0 Å². The fourth-order valence-corrected chi connectivity index (χ4v) is 6.04. The topological polar surface area (TPSA) is 52.2 Å². The molecule has 1 N–H and O–H groups in total. The molecule has 0 amide bonds. The van der Waals surface area contributed by atoms with Crippen LogP contribution in [0.3, 0.4) is 0 Å². The normalized spacial score (nSPS) is 24.5. The van der Waals surface area contributed by atoms with Gasteiger partial charge in [0.25, 0.3) is 5.56 Å². The number of benzene rings is 1. The van der Waals surface area contributed by atoms with Gasteiger partial charge in [-0.25, -0.2) is 9.37 Å². The van der Waals surface area contributed by atoms with E-state index in [0.717, 1.165) is 74.6 Å². The van der Waals surface area contributed by atoms with Gasteiger partial charge in [0.1, 0.15) is 11.6 Å². The van der Waals surface area contributed by atoms with Crippen molar-refractivity contribution in [2.45, 2.75) is 51.0 Å². The van der Waals surface area contributed by atoms with Crippen molar-refractivity contribution in [3.8, 4) is 0 Å². The third kappa shape index (κ3) is 3.67. The Hall–Kier alpha value is -2.18. The monoisotopic (exact) mass is 454 g/mol. The molecule has 1 saturated heterocycles. The SMILES string of the molecule is O=c1[nH]c(C2=C[C@H](N3CCN(c4ccc(F)cc4Cl)CC3)CC2)nc2c1CC1(CC2)CC1. The maximum absolute atomic E-state index is 13.4. The van der Waals surface area contributed by atoms with Crippen molar-refractivity contribution in [2.24, 2.45) is 5.41 Å². The summed E-state index contributed by atoms with van der Waals surface area (Å²) in [7, 11) is 0. The lowest BCUT2D eigenvalue weighted by molar-refractivity contribution is 0.214. The lowest BCUT2D eigenvalue weighted by Crippen LogP contribution is -2.49. The Morgan fingerprint density at radius 3 is 2.69 bits per heavy atom. The van der Waals surface area contributed by atoms with E-state index in [1.54, 1.807) is 6.07 Å². The number of allylic oxidation sites excluding steroid dienone is 1. The van der Waals surface area contributed by atoms with Crippen LogP contribution in [0.1, 0.15) is 49.2 Å². The molecule has 7 heteroatoms. The quantitative estimate of drug-likeness (QED) is 0.755. The number of hydrogen-bond donors (Lipinski definition) is 1. The van der Waals surface area contributed by atoms with Crippen molar-refractivity contribution < 1.29 is 4.39 Å². The number of hydrogen-bond acceptors (Lipinski definition) is 4. The fourth-order valence-electron chi connectivity index (χ4n) is 5.76. The van der Waals surface area contributed by atoms with Crippen molar-refractivity contribution in [1.82, 2.24) is 14.9 Å². The average molecular weight is 455 g/mol. The summed E-state index contributed by atoms with van der Waals surface area (Å²) in [5.41, 5.74) is 4.52. The second-order valence-corrected chi connectivity index (χ2v) is 10.3. The van der Waals surface area contributed by atoms with Crippen molar-refractivity contribution in [2.75, 3.05) is 31.1 Å². The molecule has 1 saturated carbocycles. The molecule has 6 rings (SSSR count). The Kier molecular flexibility index (Phi) is 4.92. The maximum atomic E-state index is 13.4. The van der Waals surface area contributed by atoms with Crippen LogP contribution in [-0.2, 0) is 12.8 Å². The van der Waals surface area contributed by atoms with Crippen LogP contribution >= 0.6 is 11.6 Å². The molecule has 32 heavy (non-hydrogen) atoms. The van der Waals surface area contributed by atoms with Crippen LogP contribution in [0.2, 0.25) is 5.02 Å². The smallest absolute Gasteiger partial charge is 0.254 e. The van der Waals surface area contributed by atoms with Crippen molar-refractivity contribution >= 4 is 22.9 Å². The molecule has 0 bridgehead atoms. The lowest BCUT2D eigenvalue weighted by atomic mass is 9.84. The van der Waals surface area contributed by atoms with E-state index < -0.39 is 0 Å². The molecule has 168 valence electrons. The number of piperazine rings is 1. The van der Waals surface area contributed by atoms with Gasteiger partial charge in [-0.05, 0) is 74.1 Å². The first-order valence-electron chi connectivity index (χ1n) is 11.8. The van der Waals surface area contributed by atoms with Gasteiger partial charge in [0.15, 0.2) is 0 Å². The summed E-state index contributed by atoms with van der Waals surface area (Å²) in [5.74, 6) is 0.474. The van der Waals surface area contributed by atoms with Gasteiger partial charge in [0.05, 0.1) is 16.4 Å². The molecule has 4 aliphatic rings. The number of H-pyrrole nitrogens is 1. The lowest BCUT2D eigenvalue weighted by Gasteiger charge is -2.39. The van der Waals surface area contributed by atoms with E-state index in [2.05, 4.69) is 20.9 Å². The van der Waals surface area contributed by atoms with Crippen LogP contribution in [0.5, 0.6) is 0 Å². The molecule has 1 aliphatic heterocycles. The number of aromatic nitrogens is 2. The van der Waals surface area contributed by atoms with E-state index >= 15 is 0 Å². The van der Waals surface area contributed by atoms with Crippen LogP contribution < -0.4 is 10.5 Å². The minimum atomic E-state index is -0.304. The first-order valence-corrected chi connectivity index (χ1v) is 12.1. The molecule has 5 nitrogen and oxygen atoms in total. The summed E-state index contributed by atoms with van der Waals surface area (Å²) in [4.78, 5) is 25.5. The highest BCUT2D eigenvalue weighted by Crippen LogP contribution is 2.53.